The van der Waals surface area contributed by atoms with Gasteiger partial charge >= 0.3 is 5.97 Å². The van der Waals surface area contributed by atoms with Gasteiger partial charge < -0.3 is 10.4 Å². The van der Waals surface area contributed by atoms with Crippen LogP contribution in [0.15, 0.2) is 12.4 Å². The van der Waals surface area contributed by atoms with Crippen molar-refractivity contribution in [2.45, 2.75) is 6.92 Å². The maximum absolute atomic E-state index is 10.1. The van der Waals surface area contributed by atoms with Crippen molar-refractivity contribution >= 4 is 11.7 Å². The van der Waals surface area contributed by atoms with Crippen molar-refractivity contribution in [3.05, 3.63) is 18.2 Å². The van der Waals surface area contributed by atoms with Gasteiger partial charge in [-0.1, -0.05) is 0 Å². The number of aryl methyl sites for hydroxylation is 1. The number of nitrogens with zero attached hydrogens (tertiary/aromatic N) is 2. The summed E-state index contributed by atoms with van der Waals surface area (Å²) in [6, 6.07) is 0. The number of nitrogens with one attached hydrogen (secondary N) is 1. The Balaban J connectivity index is 2.53. The molecule has 0 radical (unpaired) electrons. The van der Waals surface area contributed by atoms with E-state index in [0.717, 1.165) is 0 Å². The summed E-state index contributed by atoms with van der Waals surface area (Å²) in [5, 5.41) is 11.0. The van der Waals surface area contributed by atoms with E-state index in [9.17, 15) is 4.79 Å². The molecule has 0 spiro atoms. The summed E-state index contributed by atoms with van der Waals surface area (Å²) < 4.78 is 0. The molecule has 1 aromatic heterocycles. The molecular weight excluding hydrogens is 158 g/mol. The van der Waals surface area contributed by atoms with Crippen molar-refractivity contribution in [3.8, 4) is 0 Å². The van der Waals surface area contributed by atoms with E-state index < -0.39 is 5.97 Å². The van der Waals surface area contributed by atoms with Crippen molar-refractivity contribution in [2.75, 3.05) is 11.9 Å². The summed E-state index contributed by atoms with van der Waals surface area (Å²) in [4.78, 5) is 17.9. The molecule has 0 fully saturated rings. The molecule has 0 aromatic carbocycles. The molecule has 0 saturated carbocycles. The van der Waals surface area contributed by atoms with E-state index in [-0.39, 0.29) is 6.54 Å². The minimum atomic E-state index is -0.907. The van der Waals surface area contributed by atoms with Crippen molar-refractivity contribution in [1.29, 1.82) is 0 Å². The lowest BCUT2D eigenvalue weighted by Crippen LogP contribution is -2.12. The lowest BCUT2D eigenvalue weighted by Gasteiger charge is -2.00. The molecule has 0 unspecified atom stereocenters. The van der Waals surface area contributed by atoms with Crippen LogP contribution in [0.25, 0.3) is 0 Å². The first-order valence-electron chi connectivity index (χ1n) is 3.43. The summed E-state index contributed by atoms with van der Waals surface area (Å²) in [7, 11) is 0. The Morgan fingerprint density at radius 2 is 2.17 bits per heavy atom. The number of aromatic nitrogens is 2. The van der Waals surface area contributed by atoms with Crippen molar-refractivity contribution in [1.82, 2.24) is 9.97 Å². The molecule has 0 aliphatic heterocycles. The zero-order valence-corrected chi connectivity index (χ0v) is 6.61. The fourth-order valence-electron chi connectivity index (χ4n) is 0.662. The highest BCUT2D eigenvalue weighted by Crippen LogP contribution is 2.00. The van der Waals surface area contributed by atoms with Crippen LogP contribution in [0.1, 0.15) is 5.82 Å². The number of carboxylic acid groups (broad SMARTS) is 1. The average molecular weight is 167 g/mol. The van der Waals surface area contributed by atoms with Crippen LogP contribution >= 0.6 is 0 Å². The highest BCUT2D eigenvalue weighted by atomic mass is 16.4. The largest absolute Gasteiger partial charge is 0.480 e. The number of rotatable bonds is 3. The molecule has 5 heteroatoms. The number of carboxylic acids is 1. The predicted octanol–water partition coefficient (Wildman–Crippen LogP) is 0.282. The van der Waals surface area contributed by atoms with Gasteiger partial charge in [0, 0.05) is 0 Å². The zero-order valence-electron chi connectivity index (χ0n) is 6.61. The zero-order chi connectivity index (χ0) is 8.97. The number of hydrogen-bond acceptors (Lipinski definition) is 4. The smallest absolute Gasteiger partial charge is 0.322 e. The summed E-state index contributed by atoms with van der Waals surface area (Å²) in [6.45, 7) is 1.65. The Bertz CT molecular complexity index is 270. The Labute approximate surface area is 69.5 Å². The van der Waals surface area contributed by atoms with Crippen molar-refractivity contribution in [2.24, 2.45) is 0 Å². The summed E-state index contributed by atoms with van der Waals surface area (Å²) >= 11 is 0. The topological polar surface area (TPSA) is 75.1 Å². The van der Waals surface area contributed by atoms with Crippen LogP contribution in [0.5, 0.6) is 0 Å². The van der Waals surface area contributed by atoms with Gasteiger partial charge in [0.25, 0.3) is 0 Å². The lowest BCUT2D eigenvalue weighted by molar-refractivity contribution is -0.134. The average Bonchev–Trinajstić information content (AvgIpc) is 2.03. The molecule has 64 valence electrons. The third-order valence-corrected chi connectivity index (χ3v) is 1.22. The molecule has 0 atom stereocenters. The third-order valence-electron chi connectivity index (χ3n) is 1.22. The van der Waals surface area contributed by atoms with E-state index in [0.29, 0.717) is 11.5 Å². The van der Waals surface area contributed by atoms with Gasteiger partial charge in [-0.25, -0.2) is 9.97 Å². The molecule has 1 aromatic rings. The van der Waals surface area contributed by atoms with Gasteiger partial charge in [0.1, 0.15) is 12.4 Å². The second-order valence-electron chi connectivity index (χ2n) is 2.27. The maximum atomic E-state index is 10.1. The van der Waals surface area contributed by atoms with E-state index in [2.05, 4.69) is 15.3 Å². The molecule has 0 bridgehead atoms. The minimum Gasteiger partial charge on any atom is -0.480 e. The van der Waals surface area contributed by atoms with Gasteiger partial charge in [0.15, 0.2) is 0 Å². The Kier molecular flexibility index (Phi) is 2.57. The Morgan fingerprint density at radius 1 is 1.58 bits per heavy atom. The minimum absolute atomic E-state index is 0.119. The second-order valence-corrected chi connectivity index (χ2v) is 2.27. The highest BCUT2D eigenvalue weighted by molar-refractivity contribution is 5.72. The first-order valence-corrected chi connectivity index (χ1v) is 3.43. The van der Waals surface area contributed by atoms with Crippen LogP contribution in [-0.4, -0.2) is 27.6 Å². The van der Waals surface area contributed by atoms with Gasteiger partial charge in [-0.3, -0.25) is 4.79 Å². The van der Waals surface area contributed by atoms with Gasteiger partial charge in [0.05, 0.1) is 18.1 Å². The van der Waals surface area contributed by atoms with Crippen molar-refractivity contribution in [3.63, 3.8) is 0 Å². The van der Waals surface area contributed by atoms with Gasteiger partial charge in [-0.05, 0) is 6.92 Å². The van der Waals surface area contributed by atoms with Crippen LogP contribution in [0.2, 0.25) is 0 Å². The van der Waals surface area contributed by atoms with Crippen LogP contribution in [0.3, 0.4) is 0 Å². The molecule has 1 heterocycles. The van der Waals surface area contributed by atoms with Crippen LogP contribution < -0.4 is 5.32 Å². The third kappa shape index (κ3) is 2.53. The molecule has 12 heavy (non-hydrogen) atoms. The fraction of sp³-hybridized carbons (Fsp3) is 0.286. The SMILES string of the molecule is Cc1ncc(NCC(=O)O)cn1. The van der Waals surface area contributed by atoms with Gasteiger partial charge in [-0.15, -0.1) is 0 Å². The maximum Gasteiger partial charge on any atom is 0.322 e. The Hall–Kier alpha value is -1.65. The van der Waals surface area contributed by atoms with E-state index >= 15 is 0 Å². The summed E-state index contributed by atoms with van der Waals surface area (Å²) in [5.74, 6) is -0.244. The first kappa shape index (κ1) is 8.45. The monoisotopic (exact) mass is 167 g/mol. The standard InChI is InChI=1S/C7H9N3O2/c1-5-8-2-6(3-9-5)10-4-7(11)12/h2-3,10H,4H2,1H3,(H,11,12). The normalized spacial score (nSPS) is 9.42. The number of hydrogen-bond donors (Lipinski definition) is 2. The van der Waals surface area contributed by atoms with Crippen LogP contribution in [0, 0.1) is 6.92 Å². The van der Waals surface area contributed by atoms with Gasteiger partial charge in [0.2, 0.25) is 0 Å². The van der Waals surface area contributed by atoms with Crippen LogP contribution in [0.4, 0.5) is 5.69 Å². The molecule has 0 aliphatic rings. The fourth-order valence-corrected chi connectivity index (χ4v) is 0.662. The van der Waals surface area contributed by atoms with E-state index in [1.807, 2.05) is 0 Å². The summed E-state index contributed by atoms with van der Waals surface area (Å²) in [6.07, 6.45) is 3.09. The number of aliphatic carboxylic acids is 1. The Morgan fingerprint density at radius 3 is 2.67 bits per heavy atom. The highest BCUT2D eigenvalue weighted by Gasteiger charge is 1.96. The van der Waals surface area contributed by atoms with E-state index in [4.69, 9.17) is 5.11 Å². The first-order chi connectivity index (χ1) is 5.68. The van der Waals surface area contributed by atoms with Crippen molar-refractivity contribution < 1.29 is 9.90 Å². The summed E-state index contributed by atoms with van der Waals surface area (Å²) in [5.41, 5.74) is 0.614. The molecule has 1 rings (SSSR count). The van der Waals surface area contributed by atoms with Crippen LogP contribution in [-0.2, 0) is 4.79 Å². The molecular formula is C7H9N3O2. The second kappa shape index (κ2) is 3.66. The molecule has 0 aliphatic carbocycles. The number of carbonyl (C=O) groups is 1. The predicted molar refractivity (Wildman–Crippen MR) is 42.9 cm³/mol. The van der Waals surface area contributed by atoms with E-state index in [1.165, 1.54) is 0 Å². The quantitative estimate of drug-likeness (QED) is 0.676. The van der Waals surface area contributed by atoms with E-state index in [1.54, 1.807) is 19.3 Å². The molecule has 0 amide bonds. The van der Waals surface area contributed by atoms with Gasteiger partial charge in [-0.2, -0.15) is 0 Å². The molecule has 0 saturated heterocycles. The molecule has 2 N–H and O–H groups in total. The number of anilines is 1. The molecule has 5 nitrogen and oxygen atoms in total. The lowest BCUT2D eigenvalue weighted by atomic mass is 10.5.